The van der Waals surface area contributed by atoms with Gasteiger partial charge < -0.3 is 5.73 Å². The van der Waals surface area contributed by atoms with Crippen LogP contribution in [0.4, 0.5) is 5.69 Å². The van der Waals surface area contributed by atoms with Gasteiger partial charge in [-0.1, -0.05) is 30.4 Å². The van der Waals surface area contributed by atoms with Gasteiger partial charge in [0.25, 0.3) is 0 Å². The Bertz CT molecular complexity index is 518. The lowest BCUT2D eigenvalue weighted by Gasteiger charge is -2.09. The van der Waals surface area contributed by atoms with Crippen molar-refractivity contribution in [1.29, 1.82) is 0 Å². The maximum Gasteiger partial charge on any atom is 0.0320 e. The van der Waals surface area contributed by atoms with Gasteiger partial charge in [-0.05, 0) is 67.5 Å². The second kappa shape index (κ2) is 5.72. The van der Waals surface area contributed by atoms with Gasteiger partial charge in [-0.2, -0.15) is 0 Å². The van der Waals surface area contributed by atoms with E-state index < -0.39 is 0 Å². The van der Waals surface area contributed by atoms with Crippen molar-refractivity contribution < 1.29 is 0 Å². The smallest absolute Gasteiger partial charge is 0.0320 e. The highest BCUT2D eigenvalue weighted by atomic mass is 14.5. The van der Waals surface area contributed by atoms with Crippen molar-refractivity contribution >= 4 is 11.3 Å². The molecule has 0 saturated heterocycles. The predicted octanol–water partition coefficient (Wildman–Crippen LogP) is 4.65. The van der Waals surface area contributed by atoms with Crippen LogP contribution in [0.15, 0.2) is 48.1 Å². The number of hydrogen-bond acceptors (Lipinski definition) is 1. The van der Waals surface area contributed by atoms with Crippen molar-refractivity contribution in [2.45, 2.75) is 33.1 Å². The van der Waals surface area contributed by atoms with Crippen LogP contribution >= 0.6 is 0 Å². The highest BCUT2D eigenvalue weighted by Gasteiger charge is 2.02. The molecule has 2 rings (SSSR count). The van der Waals surface area contributed by atoms with E-state index in [-0.39, 0.29) is 0 Å². The standard InChI is InChI=1S/C17H21N/c1-13(8-10-15-6-4-3-5-7-15)17-12-16(18)11-9-14(17)2/h4,6-9,11-12H,3,5,10,18H2,1-2H3/b13-8+. The zero-order chi connectivity index (χ0) is 13.0. The first kappa shape index (κ1) is 12.7. The second-order valence-corrected chi connectivity index (χ2v) is 4.92. The Hall–Kier alpha value is -1.76. The number of hydrogen-bond donors (Lipinski definition) is 1. The van der Waals surface area contributed by atoms with Gasteiger partial charge in [0.05, 0.1) is 0 Å². The molecule has 1 heteroatoms. The number of nitrogens with two attached hydrogens (primary N) is 1. The lowest BCUT2D eigenvalue weighted by molar-refractivity contribution is 1.00. The Balaban J connectivity index is 2.15. The molecule has 0 radical (unpaired) electrons. The van der Waals surface area contributed by atoms with Gasteiger partial charge in [-0.15, -0.1) is 0 Å². The molecule has 1 aromatic rings. The lowest BCUT2D eigenvalue weighted by Crippen LogP contribution is -1.91. The lowest BCUT2D eigenvalue weighted by atomic mass is 9.98. The molecule has 0 atom stereocenters. The molecule has 2 N–H and O–H groups in total. The molecular weight excluding hydrogens is 218 g/mol. The molecule has 0 aromatic heterocycles. The summed E-state index contributed by atoms with van der Waals surface area (Å²) in [6.45, 7) is 4.29. The fourth-order valence-corrected chi connectivity index (χ4v) is 2.26. The van der Waals surface area contributed by atoms with E-state index in [0.29, 0.717) is 0 Å². The summed E-state index contributed by atoms with van der Waals surface area (Å²) in [5, 5.41) is 0. The third-order valence-corrected chi connectivity index (χ3v) is 3.40. The molecule has 0 amide bonds. The minimum Gasteiger partial charge on any atom is -0.399 e. The first-order valence-electron chi connectivity index (χ1n) is 6.55. The number of rotatable bonds is 3. The fraction of sp³-hybridized carbons (Fsp3) is 0.294. The van der Waals surface area contributed by atoms with E-state index in [4.69, 9.17) is 5.73 Å². The highest BCUT2D eigenvalue weighted by Crippen LogP contribution is 2.23. The normalized spacial score (nSPS) is 15.7. The number of benzene rings is 1. The van der Waals surface area contributed by atoms with Crippen LogP contribution in [0.5, 0.6) is 0 Å². The largest absolute Gasteiger partial charge is 0.399 e. The van der Waals surface area contributed by atoms with Gasteiger partial charge in [0.2, 0.25) is 0 Å². The summed E-state index contributed by atoms with van der Waals surface area (Å²) < 4.78 is 0. The van der Waals surface area contributed by atoms with Crippen LogP contribution in [0, 0.1) is 6.92 Å². The molecule has 0 spiro atoms. The third-order valence-electron chi connectivity index (χ3n) is 3.40. The minimum atomic E-state index is 0.833. The van der Waals surface area contributed by atoms with Gasteiger partial charge in [0.1, 0.15) is 0 Å². The van der Waals surface area contributed by atoms with Crippen molar-refractivity contribution in [2.24, 2.45) is 0 Å². The quantitative estimate of drug-likeness (QED) is 0.763. The molecule has 0 aliphatic heterocycles. The van der Waals surface area contributed by atoms with Crippen LogP contribution in [0.3, 0.4) is 0 Å². The average Bonchev–Trinajstić information content (AvgIpc) is 2.40. The second-order valence-electron chi connectivity index (χ2n) is 4.92. The minimum absolute atomic E-state index is 0.833. The van der Waals surface area contributed by atoms with E-state index in [0.717, 1.165) is 12.1 Å². The Morgan fingerprint density at radius 3 is 2.89 bits per heavy atom. The number of nitrogen functional groups attached to an aromatic ring is 1. The van der Waals surface area contributed by atoms with Crippen LogP contribution in [-0.4, -0.2) is 0 Å². The fourth-order valence-electron chi connectivity index (χ4n) is 2.26. The van der Waals surface area contributed by atoms with E-state index >= 15 is 0 Å². The maximum atomic E-state index is 5.85. The van der Waals surface area contributed by atoms with Crippen molar-refractivity contribution in [2.75, 3.05) is 5.73 Å². The Kier molecular flexibility index (Phi) is 4.03. The monoisotopic (exact) mass is 239 g/mol. The third kappa shape index (κ3) is 3.13. The van der Waals surface area contributed by atoms with Gasteiger partial charge in [0, 0.05) is 5.69 Å². The average molecular weight is 239 g/mol. The Morgan fingerprint density at radius 2 is 2.17 bits per heavy atom. The predicted molar refractivity (Wildman–Crippen MR) is 80.3 cm³/mol. The molecule has 18 heavy (non-hydrogen) atoms. The summed E-state index contributed by atoms with van der Waals surface area (Å²) >= 11 is 0. The summed E-state index contributed by atoms with van der Waals surface area (Å²) in [5.74, 6) is 0. The zero-order valence-electron chi connectivity index (χ0n) is 11.2. The summed E-state index contributed by atoms with van der Waals surface area (Å²) in [5.41, 5.74) is 12.0. The van der Waals surface area contributed by atoms with Crippen LogP contribution in [0.25, 0.3) is 5.57 Å². The summed E-state index contributed by atoms with van der Waals surface area (Å²) in [4.78, 5) is 0. The number of allylic oxidation sites excluding steroid dienone is 6. The zero-order valence-corrected chi connectivity index (χ0v) is 11.2. The van der Waals surface area contributed by atoms with Crippen LogP contribution in [0.2, 0.25) is 0 Å². The summed E-state index contributed by atoms with van der Waals surface area (Å²) in [7, 11) is 0. The van der Waals surface area contributed by atoms with Crippen molar-refractivity contribution in [1.82, 2.24) is 0 Å². The molecule has 94 valence electrons. The van der Waals surface area contributed by atoms with E-state index in [1.807, 2.05) is 6.07 Å². The van der Waals surface area contributed by atoms with Crippen molar-refractivity contribution in [3.05, 3.63) is 59.2 Å². The van der Waals surface area contributed by atoms with Crippen LogP contribution in [0.1, 0.15) is 37.3 Å². The first-order chi connectivity index (χ1) is 8.66. The Morgan fingerprint density at radius 1 is 1.33 bits per heavy atom. The van der Waals surface area contributed by atoms with Gasteiger partial charge in [-0.3, -0.25) is 0 Å². The van der Waals surface area contributed by atoms with Gasteiger partial charge in [-0.25, -0.2) is 0 Å². The molecule has 1 nitrogen and oxygen atoms in total. The van der Waals surface area contributed by atoms with Crippen molar-refractivity contribution in [3.8, 4) is 0 Å². The van der Waals surface area contributed by atoms with E-state index in [9.17, 15) is 0 Å². The van der Waals surface area contributed by atoms with E-state index in [1.54, 1.807) is 0 Å². The Labute approximate surface area is 110 Å². The number of anilines is 1. The SMILES string of the molecule is C/C(=C\CC1=CCCC=C1)c1cc(N)ccc1C. The number of aryl methyl sites for hydroxylation is 1. The topological polar surface area (TPSA) is 26.0 Å². The van der Waals surface area contributed by atoms with Crippen LogP contribution in [-0.2, 0) is 0 Å². The molecule has 0 fully saturated rings. The van der Waals surface area contributed by atoms with Crippen molar-refractivity contribution in [3.63, 3.8) is 0 Å². The molecular formula is C17H21N. The van der Waals surface area contributed by atoms with Gasteiger partial charge >= 0.3 is 0 Å². The van der Waals surface area contributed by atoms with E-state index in [2.05, 4.69) is 50.3 Å². The molecule has 1 aliphatic rings. The summed E-state index contributed by atoms with van der Waals surface area (Å²) in [6, 6.07) is 6.10. The molecule has 1 aromatic carbocycles. The molecule has 0 saturated carbocycles. The maximum absolute atomic E-state index is 5.85. The van der Waals surface area contributed by atoms with Gasteiger partial charge in [0.15, 0.2) is 0 Å². The molecule has 1 aliphatic carbocycles. The molecule has 0 heterocycles. The molecule has 0 bridgehead atoms. The van der Waals surface area contributed by atoms with E-state index in [1.165, 1.54) is 35.1 Å². The first-order valence-corrected chi connectivity index (χ1v) is 6.55. The van der Waals surface area contributed by atoms with Crippen LogP contribution < -0.4 is 5.73 Å². The highest BCUT2D eigenvalue weighted by molar-refractivity contribution is 5.69. The molecule has 0 unspecified atom stereocenters. The summed E-state index contributed by atoms with van der Waals surface area (Å²) in [6.07, 6.45) is 12.5.